The second-order valence-electron chi connectivity index (χ2n) is 11.1. The number of aryl methyl sites for hydroxylation is 1. The van der Waals surface area contributed by atoms with Crippen molar-refractivity contribution in [2.45, 2.75) is 92.0 Å². The van der Waals surface area contributed by atoms with E-state index in [1.54, 1.807) is 19.1 Å². The molecule has 42 heavy (non-hydrogen) atoms. The molecule has 1 aliphatic rings. The Hall–Kier alpha value is -3.81. The number of hydrogen-bond acceptors (Lipinski definition) is 7. The maximum absolute atomic E-state index is 13.7. The second-order valence-corrected chi connectivity index (χ2v) is 11.1. The smallest absolute Gasteiger partial charge is 0.335 e. The van der Waals surface area contributed by atoms with E-state index in [1.807, 2.05) is 24.3 Å². The van der Waals surface area contributed by atoms with Crippen LogP contribution in [0.15, 0.2) is 41.6 Å². The number of esters is 1. The topological polar surface area (TPSA) is 104 Å². The van der Waals surface area contributed by atoms with Crippen molar-refractivity contribution < 1.29 is 28.8 Å². The van der Waals surface area contributed by atoms with E-state index < -0.39 is 17.7 Å². The summed E-state index contributed by atoms with van der Waals surface area (Å²) in [4.78, 5) is 56.5. The molecule has 1 saturated carbocycles. The number of oxime groups is 1. The van der Waals surface area contributed by atoms with E-state index in [2.05, 4.69) is 30.5 Å². The van der Waals surface area contributed by atoms with E-state index >= 15 is 0 Å². The first-order chi connectivity index (χ1) is 20.3. The fourth-order valence-electron chi connectivity index (χ4n) is 5.47. The number of unbranched alkanes of at least 4 members (excludes halogenated alkanes) is 1. The quantitative estimate of drug-likeness (QED) is 0.0579. The molecule has 2 aromatic carbocycles. The molecule has 1 aromatic heterocycles. The summed E-state index contributed by atoms with van der Waals surface area (Å²) in [5.41, 5.74) is 2.97. The van der Waals surface area contributed by atoms with Gasteiger partial charge in [-0.3, -0.25) is 14.4 Å². The molecule has 1 heterocycles. The first-order valence-corrected chi connectivity index (χ1v) is 15.4. The molecule has 224 valence electrons. The Morgan fingerprint density at radius 3 is 2.17 bits per heavy atom. The highest BCUT2D eigenvalue weighted by Gasteiger charge is 2.26. The minimum Gasteiger partial charge on any atom is -0.466 e. The molecule has 3 aromatic rings. The van der Waals surface area contributed by atoms with Gasteiger partial charge in [0, 0.05) is 51.8 Å². The highest BCUT2D eigenvalue weighted by atomic mass is 16.7. The zero-order valence-corrected chi connectivity index (χ0v) is 25.2. The van der Waals surface area contributed by atoms with Crippen LogP contribution in [0.2, 0.25) is 0 Å². The summed E-state index contributed by atoms with van der Waals surface area (Å²) in [6.07, 6.45) is 5.91. The lowest BCUT2D eigenvalue weighted by Gasteiger charge is -2.13. The van der Waals surface area contributed by atoms with Gasteiger partial charge in [0.15, 0.2) is 5.78 Å². The average Bonchev–Trinajstić information content (AvgIpc) is 3.75. The third-order valence-electron chi connectivity index (χ3n) is 8.04. The van der Waals surface area contributed by atoms with Crippen LogP contribution in [0.4, 0.5) is 0 Å². The number of aromatic nitrogens is 1. The van der Waals surface area contributed by atoms with Crippen molar-refractivity contribution in [3.63, 3.8) is 0 Å². The Bertz CT molecular complexity index is 1500. The predicted molar refractivity (Wildman–Crippen MR) is 164 cm³/mol. The summed E-state index contributed by atoms with van der Waals surface area (Å²) in [5, 5.41) is 5.68. The van der Waals surface area contributed by atoms with E-state index in [4.69, 9.17) is 9.57 Å². The zero-order chi connectivity index (χ0) is 30.2. The van der Waals surface area contributed by atoms with Gasteiger partial charge in [0.05, 0.1) is 19.4 Å². The molecule has 0 bridgehead atoms. The Kier molecular flexibility index (Phi) is 10.7. The van der Waals surface area contributed by atoms with Crippen LogP contribution in [0.1, 0.15) is 106 Å². The molecular formula is C34H42N2O6. The van der Waals surface area contributed by atoms with Crippen LogP contribution in [-0.4, -0.2) is 40.4 Å². The van der Waals surface area contributed by atoms with Gasteiger partial charge in [0.2, 0.25) is 5.78 Å². The third-order valence-corrected chi connectivity index (χ3v) is 8.04. The minimum absolute atomic E-state index is 0.0108. The van der Waals surface area contributed by atoms with E-state index in [0.717, 1.165) is 66.9 Å². The van der Waals surface area contributed by atoms with Crippen LogP contribution in [-0.2, 0) is 25.7 Å². The molecule has 0 aliphatic heterocycles. The number of ketones is 2. The van der Waals surface area contributed by atoms with Crippen LogP contribution in [0.5, 0.6) is 0 Å². The summed E-state index contributed by atoms with van der Waals surface area (Å²) in [6.45, 7) is 8.92. The number of ether oxygens (including phenoxy) is 1. The maximum Gasteiger partial charge on any atom is 0.335 e. The van der Waals surface area contributed by atoms with Crippen LogP contribution in [0, 0.1) is 11.8 Å². The molecule has 0 radical (unpaired) electrons. The highest BCUT2D eigenvalue weighted by molar-refractivity contribution is 6.46. The van der Waals surface area contributed by atoms with Gasteiger partial charge in [-0.25, -0.2) is 4.79 Å². The summed E-state index contributed by atoms with van der Waals surface area (Å²) < 4.78 is 7.18. The van der Waals surface area contributed by atoms with Gasteiger partial charge in [-0.05, 0) is 81.8 Å². The van der Waals surface area contributed by atoms with E-state index in [1.165, 1.54) is 0 Å². The maximum atomic E-state index is 13.7. The lowest BCUT2D eigenvalue weighted by molar-refractivity contribution is -0.144. The van der Waals surface area contributed by atoms with Crippen molar-refractivity contribution in [1.82, 2.24) is 4.57 Å². The third kappa shape index (κ3) is 7.33. The highest BCUT2D eigenvalue weighted by Crippen LogP contribution is 2.33. The van der Waals surface area contributed by atoms with Gasteiger partial charge in [0.25, 0.3) is 0 Å². The molecule has 4 rings (SSSR count). The Morgan fingerprint density at radius 1 is 0.905 bits per heavy atom. The second kappa shape index (κ2) is 14.4. The van der Waals surface area contributed by atoms with Crippen LogP contribution >= 0.6 is 0 Å². The molecule has 1 aliphatic carbocycles. The number of Topliss-reactive ketones (excluding diaryl/α,β-unsaturated/α-hetero) is 2. The van der Waals surface area contributed by atoms with Gasteiger partial charge < -0.3 is 14.1 Å². The lowest BCUT2D eigenvalue weighted by Crippen LogP contribution is -2.18. The predicted octanol–water partition coefficient (Wildman–Crippen LogP) is 7.44. The molecular weight excluding hydrogens is 532 g/mol. The monoisotopic (exact) mass is 574 g/mol. The molecule has 0 saturated heterocycles. The molecule has 0 N–H and O–H groups in total. The molecule has 8 nitrogen and oxygen atoms in total. The minimum atomic E-state index is -0.484. The van der Waals surface area contributed by atoms with Crippen LogP contribution in [0.3, 0.4) is 0 Å². The van der Waals surface area contributed by atoms with Gasteiger partial charge in [0.1, 0.15) is 5.71 Å². The van der Waals surface area contributed by atoms with Crippen molar-refractivity contribution in [1.29, 1.82) is 0 Å². The molecule has 8 heteroatoms. The molecule has 1 fully saturated rings. The molecule has 1 atom stereocenters. The zero-order valence-electron chi connectivity index (χ0n) is 25.2. The number of carbonyl (C=O) groups excluding carboxylic acids is 4. The first-order valence-electron chi connectivity index (χ1n) is 15.4. The van der Waals surface area contributed by atoms with Crippen molar-refractivity contribution in [3.05, 3.63) is 47.5 Å². The Balaban J connectivity index is 1.70. The molecule has 1 unspecified atom stereocenters. The van der Waals surface area contributed by atoms with Crippen LogP contribution < -0.4 is 0 Å². The van der Waals surface area contributed by atoms with Crippen molar-refractivity contribution in [2.24, 2.45) is 17.0 Å². The van der Waals surface area contributed by atoms with Crippen LogP contribution in [0.25, 0.3) is 21.8 Å². The molecule has 0 spiro atoms. The van der Waals surface area contributed by atoms with E-state index in [-0.39, 0.29) is 43.3 Å². The largest absolute Gasteiger partial charge is 0.466 e. The van der Waals surface area contributed by atoms with E-state index in [0.29, 0.717) is 17.0 Å². The average molecular weight is 575 g/mol. The van der Waals surface area contributed by atoms with Crippen molar-refractivity contribution >= 4 is 51.0 Å². The Labute approximate surface area is 247 Å². The number of carbonyl (C=O) groups is 4. The first kappa shape index (κ1) is 31.1. The van der Waals surface area contributed by atoms with Gasteiger partial charge in [-0.2, -0.15) is 0 Å². The van der Waals surface area contributed by atoms with Crippen molar-refractivity contribution in [3.8, 4) is 0 Å². The van der Waals surface area contributed by atoms with Gasteiger partial charge in [-0.15, -0.1) is 0 Å². The summed E-state index contributed by atoms with van der Waals surface area (Å²) in [5.74, 6) is -0.901. The molecule has 0 amide bonds. The fraction of sp³-hybridized carbons (Fsp3) is 0.500. The van der Waals surface area contributed by atoms with Gasteiger partial charge >= 0.3 is 11.9 Å². The number of benzene rings is 2. The summed E-state index contributed by atoms with van der Waals surface area (Å²) >= 11 is 0. The van der Waals surface area contributed by atoms with E-state index in [9.17, 15) is 19.2 Å². The fourth-order valence-corrected chi connectivity index (χ4v) is 5.47. The van der Waals surface area contributed by atoms with Gasteiger partial charge in [-0.1, -0.05) is 31.8 Å². The Morgan fingerprint density at radius 2 is 1.57 bits per heavy atom. The summed E-state index contributed by atoms with van der Waals surface area (Å²) in [6, 6.07) is 11.3. The summed E-state index contributed by atoms with van der Waals surface area (Å²) in [7, 11) is 0. The number of fused-ring (bicyclic) bond motifs is 3. The number of rotatable bonds is 16. The SMILES string of the molecule is CCCCC(CC)C(=O)c1ccc2c(c1)c1cc(C(=O)/C(CCC(=O)OCC)=N\OC(=O)CC3CC3)ccc1n2CC. The lowest BCUT2D eigenvalue weighted by atomic mass is 9.90. The number of nitrogens with zero attached hydrogens (tertiary/aromatic N) is 2. The standard InChI is InChI=1S/C34H42N2O6/c1-5-9-10-23(6-2)33(39)24-13-16-29-26(20-24)27-21-25(14-17-30(27)36(29)7-3)34(40)28(15-18-31(37)41-8-4)35-42-32(38)19-22-11-12-22/h13-14,16-17,20-23H,5-12,15,18-19H2,1-4H3/b35-28-. The number of hydrogen-bond donors (Lipinski definition) is 0. The normalized spacial score (nSPS) is 14.2. The van der Waals surface area contributed by atoms with Crippen molar-refractivity contribution in [2.75, 3.05) is 6.61 Å².